The van der Waals surface area contributed by atoms with Gasteiger partial charge in [-0.15, -0.1) is 0 Å². The number of fused-ring (bicyclic) bond motifs is 1. The van der Waals surface area contributed by atoms with Crippen LogP contribution in [0.3, 0.4) is 0 Å². The highest BCUT2D eigenvalue weighted by molar-refractivity contribution is 5.96. The summed E-state index contributed by atoms with van der Waals surface area (Å²) in [6, 6.07) is 6.08. The normalized spacial score (nSPS) is 19.0. The quantitative estimate of drug-likeness (QED) is 0.890. The van der Waals surface area contributed by atoms with Crippen molar-refractivity contribution in [3.8, 4) is 11.5 Å². The number of aryl methyl sites for hydroxylation is 2. The predicted molar refractivity (Wildman–Crippen MR) is 101 cm³/mol. The van der Waals surface area contributed by atoms with E-state index in [2.05, 4.69) is 10.5 Å². The highest BCUT2D eigenvalue weighted by Crippen LogP contribution is 2.33. The zero-order valence-corrected chi connectivity index (χ0v) is 15.8. The summed E-state index contributed by atoms with van der Waals surface area (Å²) < 4.78 is 16.5. The highest BCUT2D eigenvalue weighted by atomic mass is 16.6. The number of carbonyl (C=O) groups is 1. The van der Waals surface area contributed by atoms with Crippen LogP contribution in [0.25, 0.3) is 0 Å². The molecule has 0 bridgehead atoms. The molecule has 7 nitrogen and oxygen atoms in total. The number of amides is 1. The lowest BCUT2D eigenvalue weighted by Crippen LogP contribution is -2.45. The number of nitrogens with one attached hydrogen (secondary N) is 1. The maximum Gasteiger partial charge on any atom is 0.259 e. The third-order valence-corrected chi connectivity index (χ3v) is 5.10. The second-order valence-electron chi connectivity index (χ2n) is 7.01. The summed E-state index contributed by atoms with van der Waals surface area (Å²) in [5.41, 5.74) is 2.34. The molecule has 1 aromatic carbocycles. The number of hydrogen-bond donors (Lipinski definition) is 1. The van der Waals surface area contributed by atoms with Crippen LogP contribution in [0.2, 0.25) is 0 Å². The largest absolute Gasteiger partial charge is 0.486 e. The van der Waals surface area contributed by atoms with Gasteiger partial charge in [0.1, 0.15) is 24.5 Å². The fourth-order valence-electron chi connectivity index (χ4n) is 3.74. The first kappa shape index (κ1) is 17.7. The standard InChI is InChI=1S/C20H25N3O4/c1-3-16-19(13(2)27-22-16)20(24)23-8-4-5-15(12-23)21-14-6-7-17-18(11-14)26-10-9-25-17/h6-7,11,15,21H,3-5,8-10,12H2,1-2H3/t15-/m1/s1. The van der Waals surface area contributed by atoms with Gasteiger partial charge in [-0.3, -0.25) is 4.79 Å². The fourth-order valence-corrected chi connectivity index (χ4v) is 3.74. The van der Waals surface area contributed by atoms with Gasteiger partial charge >= 0.3 is 0 Å². The van der Waals surface area contributed by atoms with Crippen molar-refractivity contribution in [2.75, 3.05) is 31.6 Å². The fraction of sp³-hybridized carbons (Fsp3) is 0.500. The molecule has 0 spiro atoms. The minimum atomic E-state index is 0.0132. The Kier molecular flexibility index (Phi) is 4.92. The molecule has 0 saturated carbocycles. The van der Waals surface area contributed by atoms with Gasteiger partial charge in [0.05, 0.1) is 5.69 Å². The zero-order valence-electron chi connectivity index (χ0n) is 15.8. The molecule has 144 valence electrons. The summed E-state index contributed by atoms with van der Waals surface area (Å²) in [7, 11) is 0. The van der Waals surface area contributed by atoms with Crippen molar-refractivity contribution in [2.24, 2.45) is 0 Å². The van der Waals surface area contributed by atoms with Gasteiger partial charge in [0.15, 0.2) is 11.5 Å². The first-order chi connectivity index (χ1) is 13.2. The average molecular weight is 371 g/mol. The van der Waals surface area contributed by atoms with E-state index in [0.717, 1.165) is 42.3 Å². The van der Waals surface area contributed by atoms with E-state index in [1.807, 2.05) is 30.0 Å². The van der Waals surface area contributed by atoms with E-state index in [-0.39, 0.29) is 11.9 Å². The Labute approximate surface area is 158 Å². The number of piperidine rings is 1. The van der Waals surface area contributed by atoms with E-state index >= 15 is 0 Å². The molecule has 0 radical (unpaired) electrons. The van der Waals surface area contributed by atoms with Crippen LogP contribution in [0, 0.1) is 6.92 Å². The number of likely N-dealkylation sites (tertiary alicyclic amines) is 1. The zero-order chi connectivity index (χ0) is 18.8. The second-order valence-corrected chi connectivity index (χ2v) is 7.01. The van der Waals surface area contributed by atoms with Crippen LogP contribution >= 0.6 is 0 Å². The molecule has 2 aliphatic rings. The molecule has 4 rings (SSSR count). The lowest BCUT2D eigenvalue weighted by atomic mass is 10.0. The van der Waals surface area contributed by atoms with Crippen molar-refractivity contribution >= 4 is 11.6 Å². The molecule has 2 aliphatic heterocycles. The molecule has 1 atom stereocenters. The summed E-state index contributed by atoms with van der Waals surface area (Å²) in [5, 5.41) is 7.55. The molecular formula is C20H25N3O4. The number of carbonyl (C=O) groups excluding carboxylic acids is 1. The smallest absolute Gasteiger partial charge is 0.259 e. The van der Waals surface area contributed by atoms with Gasteiger partial charge in [0.25, 0.3) is 5.91 Å². The minimum Gasteiger partial charge on any atom is -0.486 e. The molecule has 1 N–H and O–H groups in total. The van der Waals surface area contributed by atoms with Crippen LogP contribution in [-0.2, 0) is 6.42 Å². The number of benzene rings is 1. The van der Waals surface area contributed by atoms with Gasteiger partial charge in [-0.25, -0.2) is 0 Å². The average Bonchev–Trinajstić information content (AvgIpc) is 3.08. The van der Waals surface area contributed by atoms with Crippen molar-refractivity contribution in [2.45, 2.75) is 39.2 Å². The van der Waals surface area contributed by atoms with Gasteiger partial charge in [0.2, 0.25) is 0 Å². The molecule has 3 heterocycles. The SMILES string of the molecule is CCc1noc(C)c1C(=O)N1CCC[C@@H](Nc2ccc3c(c2)OCCO3)C1. The van der Waals surface area contributed by atoms with E-state index in [4.69, 9.17) is 14.0 Å². The number of rotatable bonds is 4. The summed E-state index contributed by atoms with van der Waals surface area (Å²) in [4.78, 5) is 14.9. The summed E-state index contributed by atoms with van der Waals surface area (Å²) in [5.74, 6) is 2.16. The lowest BCUT2D eigenvalue weighted by Gasteiger charge is -2.34. The number of nitrogens with zero attached hydrogens (tertiary/aromatic N) is 2. The van der Waals surface area contributed by atoms with Crippen molar-refractivity contribution < 1.29 is 18.8 Å². The minimum absolute atomic E-state index is 0.0132. The Morgan fingerprint density at radius 3 is 2.93 bits per heavy atom. The van der Waals surface area contributed by atoms with Crippen LogP contribution in [0.5, 0.6) is 11.5 Å². The molecule has 0 aliphatic carbocycles. The van der Waals surface area contributed by atoms with E-state index in [1.165, 1.54) is 0 Å². The van der Waals surface area contributed by atoms with Crippen LogP contribution in [-0.4, -0.2) is 48.3 Å². The summed E-state index contributed by atoms with van der Waals surface area (Å²) in [6.45, 7) is 6.35. The molecular weight excluding hydrogens is 346 g/mol. The van der Waals surface area contributed by atoms with E-state index in [0.29, 0.717) is 37.5 Å². The third-order valence-electron chi connectivity index (χ3n) is 5.10. The Hall–Kier alpha value is -2.70. The second kappa shape index (κ2) is 7.50. The van der Waals surface area contributed by atoms with E-state index in [9.17, 15) is 4.79 Å². The van der Waals surface area contributed by atoms with E-state index < -0.39 is 0 Å². The molecule has 7 heteroatoms. The van der Waals surface area contributed by atoms with Crippen molar-refractivity contribution in [1.29, 1.82) is 0 Å². The maximum absolute atomic E-state index is 13.0. The van der Waals surface area contributed by atoms with Crippen LogP contribution in [0.15, 0.2) is 22.7 Å². The topological polar surface area (TPSA) is 76.8 Å². The maximum atomic E-state index is 13.0. The van der Waals surface area contributed by atoms with Crippen molar-refractivity contribution in [1.82, 2.24) is 10.1 Å². The Morgan fingerprint density at radius 2 is 2.11 bits per heavy atom. The van der Waals surface area contributed by atoms with Gasteiger partial charge in [-0.1, -0.05) is 12.1 Å². The Balaban J connectivity index is 1.45. The van der Waals surface area contributed by atoms with Crippen LogP contribution in [0.4, 0.5) is 5.69 Å². The number of ether oxygens (including phenoxy) is 2. The van der Waals surface area contributed by atoms with Crippen LogP contribution in [0.1, 0.15) is 41.6 Å². The molecule has 1 amide bonds. The van der Waals surface area contributed by atoms with Gasteiger partial charge < -0.3 is 24.2 Å². The number of anilines is 1. The van der Waals surface area contributed by atoms with Gasteiger partial charge in [0, 0.05) is 30.9 Å². The van der Waals surface area contributed by atoms with Crippen molar-refractivity contribution in [3.05, 3.63) is 35.2 Å². The Morgan fingerprint density at radius 1 is 1.30 bits per heavy atom. The molecule has 0 unspecified atom stereocenters. The van der Waals surface area contributed by atoms with Gasteiger partial charge in [-0.05, 0) is 38.3 Å². The molecule has 2 aromatic rings. The predicted octanol–water partition coefficient (Wildman–Crippen LogP) is 3.03. The lowest BCUT2D eigenvalue weighted by molar-refractivity contribution is 0.0712. The summed E-state index contributed by atoms with van der Waals surface area (Å²) in [6.07, 6.45) is 2.66. The monoisotopic (exact) mass is 371 g/mol. The van der Waals surface area contributed by atoms with Crippen LogP contribution < -0.4 is 14.8 Å². The Bertz CT molecular complexity index is 833. The van der Waals surface area contributed by atoms with E-state index in [1.54, 1.807) is 6.92 Å². The molecule has 27 heavy (non-hydrogen) atoms. The molecule has 1 saturated heterocycles. The number of aromatic nitrogens is 1. The van der Waals surface area contributed by atoms with Gasteiger partial charge in [-0.2, -0.15) is 0 Å². The first-order valence-corrected chi connectivity index (χ1v) is 9.56. The first-order valence-electron chi connectivity index (χ1n) is 9.56. The summed E-state index contributed by atoms with van der Waals surface area (Å²) >= 11 is 0. The molecule has 1 fully saturated rings. The van der Waals surface area contributed by atoms with Crippen molar-refractivity contribution in [3.63, 3.8) is 0 Å². The number of hydrogen-bond acceptors (Lipinski definition) is 6. The molecule has 1 aromatic heterocycles. The third kappa shape index (κ3) is 3.59. The highest BCUT2D eigenvalue weighted by Gasteiger charge is 2.29.